The Hall–Kier alpha value is -1.77. The van der Waals surface area contributed by atoms with Gasteiger partial charge in [0.2, 0.25) is 0 Å². The number of aromatic nitrogens is 4. The van der Waals surface area contributed by atoms with Crippen LogP contribution in [0.4, 0.5) is 5.82 Å². The SMILES string of the molecule is NCCC(O)C(O)c1[nH]nc2ncnc(N)c12. The van der Waals surface area contributed by atoms with Crippen LogP contribution < -0.4 is 11.5 Å². The fraction of sp³-hybridized carbons (Fsp3) is 0.444. The van der Waals surface area contributed by atoms with Gasteiger partial charge in [-0.15, -0.1) is 0 Å². The first kappa shape index (κ1) is 11.7. The lowest BCUT2D eigenvalue weighted by Crippen LogP contribution is -2.22. The van der Waals surface area contributed by atoms with Crippen LogP contribution in [0.5, 0.6) is 0 Å². The maximum Gasteiger partial charge on any atom is 0.186 e. The van der Waals surface area contributed by atoms with Crippen LogP contribution in [0.2, 0.25) is 0 Å². The summed E-state index contributed by atoms with van der Waals surface area (Å²) in [6, 6.07) is 0. The first-order valence-electron chi connectivity index (χ1n) is 5.15. The van der Waals surface area contributed by atoms with Crippen molar-refractivity contribution < 1.29 is 10.2 Å². The van der Waals surface area contributed by atoms with E-state index in [1.165, 1.54) is 6.33 Å². The molecular weight excluding hydrogens is 224 g/mol. The molecule has 0 bridgehead atoms. The summed E-state index contributed by atoms with van der Waals surface area (Å²) in [7, 11) is 0. The van der Waals surface area contributed by atoms with Gasteiger partial charge in [0.05, 0.1) is 17.2 Å². The van der Waals surface area contributed by atoms with Crippen LogP contribution in [0, 0.1) is 0 Å². The van der Waals surface area contributed by atoms with Gasteiger partial charge in [-0.3, -0.25) is 5.10 Å². The van der Waals surface area contributed by atoms with Gasteiger partial charge in [-0.2, -0.15) is 5.10 Å². The summed E-state index contributed by atoms with van der Waals surface area (Å²) >= 11 is 0. The van der Waals surface area contributed by atoms with E-state index in [0.717, 1.165) is 0 Å². The number of nitrogens with two attached hydrogens (primary N) is 2. The Morgan fingerprint density at radius 2 is 2.12 bits per heavy atom. The number of nitrogens with zero attached hydrogens (tertiary/aromatic N) is 3. The van der Waals surface area contributed by atoms with Crippen LogP contribution >= 0.6 is 0 Å². The number of hydrogen-bond acceptors (Lipinski definition) is 7. The topological polar surface area (TPSA) is 147 Å². The van der Waals surface area contributed by atoms with Crippen molar-refractivity contribution in [3.05, 3.63) is 12.0 Å². The largest absolute Gasteiger partial charge is 0.390 e. The van der Waals surface area contributed by atoms with Gasteiger partial charge in [0.25, 0.3) is 0 Å². The summed E-state index contributed by atoms with van der Waals surface area (Å²) in [6.07, 6.45) is -0.569. The van der Waals surface area contributed by atoms with Gasteiger partial charge in [-0.1, -0.05) is 0 Å². The van der Waals surface area contributed by atoms with Crippen LogP contribution in [0.3, 0.4) is 0 Å². The maximum absolute atomic E-state index is 9.94. The van der Waals surface area contributed by atoms with Crippen LogP contribution in [-0.4, -0.2) is 43.0 Å². The highest BCUT2D eigenvalue weighted by molar-refractivity contribution is 5.87. The third-order valence-electron chi connectivity index (χ3n) is 2.53. The lowest BCUT2D eigenvalue weighted by molar-refractivity contribution is 0.0133. The van der Waals surface area contributed by atoms with Crippen molar-refractivity contribution in [3.63, 3.8) is 0 Å². The van der Waals surface area contributed by atoms with E-state index in [1.807, 2.05) is 0 Å². The molecule has 0 aliphatic rings. The Kier molecular flexibility index (Phi) is 3.18. The Labute approximate surface area is 96.7 Å². The molecule has 2 heterocycles. The predicted octanol–water partition coefficient (Wildman–Crippen LogP) is -1.32. The van der Waals surface area contributed by atoms with E-state index in [0.29, 0.717) is 16.7 Å². The molecule has 2 unspecified atom stereocenters. The van der Waals surface area contributed by atoms with Crippen molar-refractivity contribution in [1.29, 1.82) is 0 Å². The number of fused-ring (bicyclic) bond motifs is 1. The molecule has 2 rings (SSSR count). The summed E-state index contributed by atoms with van der Waals surface area (Å²) in [5, 5.41) is 26.5. The minimum Gasteiger partial charge on any atom is -0.390 e. The number of anilines is 1. The van der Waals surface area contributed by atoms with Gasteiger partial charge >= 0.3 is 0 Å². The average Bonchev–Trinajstić information content (AvgIpc) is 2.73. The molecular formula is C9H14N6O2. The summed E-state index contributed by atoms with van der Waals surface area (Å²) in [5.41, 5.74) is 11.7. The number of hydrogen-bond donors (Lipinski definition) is 5. The lowest BCUT2D eigenvalue weighted by Gasteiger charge is -2.15. The van der Waals surface area contributed by atoms with Crippen molar-refractivity contribution in [2.75, 3.05) is 12.3 Å². The van der Waals surface area contributed by atoms with Gasteiger partial charge in [-0.25, -0.2) is 9.97 Å². The molecule has 92 valence electrons. The summed E-state index contributed by atoms with van der Waals surface area (Å²) < 4.78 is 0. The second kappa shape index (κ2) is 4.62. The second-order valence-electron chi connectivity index (χ2n) is 3.68. The molecule has 0 spiro atoms. The monoisotopic (exact) mass is 238 g/mol. The number of nitrogen functional groups attached to an aromatic ring is 1. The second-order valence-corrected chi connectivity index (χ2v) is 3.68. The molecule has 0 aliphatic carbocycles. The highest BCUT2D eigenvalue weighted by Crippen LogP contribution is 2.26. The molecule has 0 radical (unpaired) electrons. The van der Waals surface area contributed by atoms with Crippen molar-refractivity contribution in [2.45, 2.75) is 18.6 Å². The van der Waals surface area contributed by atoms with Crippen LogP contribution in [0.15, 0.2) is 6.33 Å². The Balaban J connectivity index is 2.42. The van der Waals surface area contributed by atoms with Gasteiger partial charge in [-0.05, 0) is 13.0 Å². The van der Waals surface area contributed by atoms with Crippen LogP contribution in [0.1, 0.15) is 18.2 Å². The minimum absolute atomic E-state index is 0.206. The smallest absolute Gasteiger partial charge is 0.186 e. The molecule has 17 heavy (non-hydrogen) atoms. The molecule has 0 aromatic carbocycles. The third-order valence-corrected chi connectivity index (χ3v) is 2.53. The first-order valence-corrected chi connectivity index (χ1v) is 5.15. The first-order chi connectivity index (χ1) is 8.15. The molecule has 7 N–H and O–H groups in total. The zero-order valence-corrected chi connectivity index (χ0v) is 9.04. The fourth-order valence-corrected chi connectivity index (χ4v) is 1.64. The van der Waals surface area contributed by atoms with E-state index in [4.69, 9.17) is 11.5 Å². The summed E-state index contributed by atoms with van der Waals surface area (Å²) in [6.45, 7) is 0.274. The van der Waals surface area contributed by atoms with E-state index in [-0.39, 0.29) is 18.8 Å². The highest BCUT2D eigenvalue weighted by Gasteiger charge is 2.23. The number of aliphatic hydroxyl groups excluding tert-OH is 2. The highest BCUT2D eigenvalue weighted by atomic mass is 16.3. The fourth-order valence-electron chi connectivity index (χ4n) is 1.64. The molecule has 0 amide bonds. The normalized spacial score (nSPS) is 15.0. The van der Waals surface area contributed by atoms with Crippen LogP contribution in [0.25, 0.3) is 11.0 Å². The quantitative estimate of drug-likeness (QED) is 0.443. The molecule has 8 nitrogen and oxygen atoms in total. The van der Waals surface area contributed by atoms with Gasteiger partial charge < -0.3 is 21.7 Å². The zero-order valence-electron chi connectivity index (χ0n) is 9.04. The number of aromatic amines is 1. The minimum atomic E-state index is -1.14. The van der Waals surface area contributed by atoms with Gasteiger partial charge in [0.1, 0.15) is 18.2 Å². The molecule has 0 saturated heterocycles. The van der Waals surface area contributed by atoms with E-state index in [1.54, 1.807) is 0 Å². The molecule has 0 aliphatic heterocycles. The van der Waals surface area contributed by atoms with E-state index in [2.05, 4.69) is 20.2 Å². The summed E-state index contributed by atoms with van der Waals surface area (Å²) in [4.78, 5) is 7.72. The zero-order chi connectivity index (χ0) is 12.4. The number of aliphatic hydroxyl groups is 2. The van der Waals surface area contributed by atoms with E-state index < -0.39 is 12.2 Å². The number of H-pyrrole nitrogens is 1. The molecule has 8 heteroatoms. The lowest BCUT2D eigenvalue weighted by atomic mass is 10.1. The Bertz CT molecular complexity index is 513. The molecule has 0 saturated carbocycles. The standard InChI is InChI=1S/C9H14N6O2/c10-2-1-4(16)7(17)6-5-8(11)12-3-13-9(5)15-14-6/h3-4,7,16-17H,1-2,10H2,(H3,11,12,13,14,15). The van der Waals surface area contributed by atoms with Gasteiger partial charge in [0, 0.05) is 0 Å². The average molecular weight is 238 g/mol. The molecule has 2 atom stereocenters. The van der Waals surface area contributed by atoms with Gasteiger partial charge in [0.15, 0.2) is 5.65 Å². The molecule has 2 aromatic rings. The molecule has 0 fully saturated rings. The predicted molar refractivity (Wildman–Crippen MR) is 60.7 cm³/mol. The summed E-state index contributed by atoms with van der Waals surface area (Å²) in [5.74, 6) is 0.206. The number of rotatable bonds is 4. The van der Waals surface area contributed by atoms with Crippen LogP contribution in [-0.2, 0) is 0 Å². The number of nitrogens with one attached hydrogen (secondary N) is 1. The third kappa shape index (κ3) is 2.05. The maximum atomic E-state index is 9.94. The molecule has 2 aromatic heterocycles. The van der Waals surface area contributed by atoms with E-state index >= 15 is 0 Å². The Morgan fingerprint density at radius 3 is 2.82 bits per heavy atom. The van der Waals surface area contributed by atoms with Crippen molar-refractivity contribution in [3.8, 4) is 0 Å². The van der Waals surface area contributed by atoms with E-state index in [9.17, 15) is 10.2 Å². The van der Waals surface area contributed by atoms with Crippen molar-refractivity contribution >= 4 is 16.9 Å². The van der Waals surface area contributed by atoms with Crippen molar-refractivity contribution in [2.24, 2.45) is 5.73 Å². The van der Waals surface area contributed by atoms with Crippen molar-refractivity contribution in [1.82, 2.24) is 20.2 Å². The Morgan fingerprint density at radius 1 is 1.35 bits per heavy atom.